The van der Waals surface area contributed by atoms with Crippen LogP contribution in [-0.2, 0) is 20.8 Å². The Balaban J connectivity index is 1.54. The zero-order valence-electron chi connectivity index (χ0n) is 18.5. The Labute approximate surface area is 204 Å². The summed E-state index contributed by atoms with van der Waals surface area (Å²) >= 11 is 1.33. The van der Waals surface area contributed by atoms with E-state index in [-0.39, 0.29) is 33.6 Å². The minimum atomic E-state index is -4.69. The molecule has 4 rings (SSSR count). The highest BCUT2D eigenvalue weighted by Gasteiger charge is 2.41. The maximum Gasteiger partial charge on any atom is 0.416 e. The number of hydrogen-bond acceptors (Lipinski definition) is 5. The van der Waals surface area contributed by atoms with Gasteiger partial charge in [0, 0.05) is 23.1 Å². The first kappa shape index (κ1) is 25.5. The number of sulfone groups is 1. The molecule has 0 bridgehead atoms. The van der Waals surface area contributed by atoms with E-state index in [1.165, 1.54) is 40.9 Å². The summed E-state index contributed by atoms with van der Waals surface area (Å²) in [7, 11) is -3.54. The van der Waals surface area contributed by atoms with E-state index in [0.717, 1.165) is 18.4 Å². The summed E-state index contributed by atoms with van der Waals surface area (Å²) in [6, 6.07) is 6.06. The van der Waals surface area contributed by atoms with Crippen LogP contribution in [0.3, 0.4) is 0 Å². The van der Waals surface area contributed by atoms with Gasteiger partial charge in [0.2, 0.25) is 5.91 Å². The molecule has 2 atom stereocenters. The van der Waals surface area contributed by atoms with Crippen LogP contribution < -0.4 is 5.32 Å². The van der Waals surface area contributed by atoms with Gasteiger partial charge in [0.05, 0.1) is 22.4 Å². The first-order valence-corrected chi connectivity index (χ1v) is 13.8. The molecule has 12 heteroatoms. The zero-order valence-corrected chi connectivity index (χ0v) is 20.1. The van der Waals surface area contributed by atoms with Gasteiger partial charge in [-0.1, -0.05) is 12.1 Å². The molecule has 6 nitrogen and oxygen atoms in total. The predicted octanol–water partition coefficient (Wildman–Crippen LogP) is 4.03. The van der Waals surface area contributed by atoms with Crippen molar-refractivity contribution in [1.82, 2.24) is 10.2 Å². The first-order chi connectivity index (χ1) is 16.4. The van der Waals surface area contributed by atoms with E-state index in [9.17, 15) is 35.6 Å². The third-order valence-corrected chi connectivity index (χ3v) is 8.13. The van der Waals surface area contributed by atoms with Gasteiger partial charge < -0.3 is 10.2 Å². The average Bonchev–Trinajstić information content (AvgIpc) is 3.51. The van der Waals surface area contributed by atoms with E-state index in [1.807, 2.05) is 0 Å². The second-order valence-electron chi connectivity index (χ2n) is 8.65. The second-order valence-corrected chi connectivity index (χ2v) is 11.7. The highest BCUT2D eigenvalue weighted by atomic mass is 32.2. The van der Waals surface area contributed by atoms with Gasteiger partial charge in [-0.05, 0) is 49.1 Å². The van der Waals surface area contributed by atoms with Gasteiger partial charge in [-0.25, -0.2) is 12.8 Å². The Morgan fingerprint density at radius 3 is 2.46 bits per heavy atom. The molecule has 1 saturated heterocycles. The fourth-order valence-electron chi connectivity index (χ4n) is 3.97. The SMILES string of the molecule is CS(=O)(=O)c1cccc(C(=O)N2CSC[C@@H]2C(=O)NC(c2ccc(C(F)(F)F)cc2F)C2CC2)c1. The normalized spacial score (nSPS) is 19.5. The Morgan fingerprint density at radius 2 is 1.86 bits per heavy atom. The number of alkyl halides is 3. The molecule has 1 aliphatic carbocycles. The Bertz CT molecular complexity index is 1260. The number of rotatable bonds is 6. The van der Waals surface area contributed by atoms with E-state index in [4.69, 9.17) is 0 Å². The van der Waals surface area contributed by atoms with Crippen LogP contribution in [0, 0.1) is 11.7 Å². The van der Waals surface area contributed by atoms with Crippen LogP contribution in [0.25, 0.3) is 0 Å². The molecule has 188 valence electrons. The quantitative estimate of drug-likeness (QED) is 0.571. The summed E-state index contributed by atoms with van der Waals surface area (Å²) < 4.78 is 77.1. The summed E-state index contributed by atoms with van der Waals surface area (Å²) in [6.45, 7) is 0. The Hall–Kier alpha value is -2.60. The third-order valence-electron chi connectivity index (χ3n) is 6.01. The molecule has 0 spiro atoms. The monoisotopic (exact) mass is 530 g/mol. The third kappa shape index (κ3) is 5.64. The van der Waals surface area contributed by atoms with Gasteiger partial charge >= 0.3 is 6.18 Å². The Kier molecular flexibility index (Phi) is 6.89. The van der Waals surface area contributed by atoms with Crippen molar-refractivity contribution in [2.24, 2.45) is 5.92 Å². The van der Waals surface area contributed by atoms with Crippen molar-refractivity contribution in [2.45, 2.75) is 36.0 Å². The minimum absolute atomic E-state index is 0.0252. The summed E-state index contributed by atoms with van der Waals surface area (Å²) in [4.78, 5) is 27.5. The van der Waals surface area contributed by atoms with Gasteiger partial charge in [-0.3, -0.25) is 9.59 Å². The van der Waals surface area contributed by atoms with Gasteiger partial charge in [0.15, 0.2) is 9.84 Å². The van der Waals surface area contributed by atoms with Crippen LogP contribution in [0.5, 0.6) is 0 Å². The van der Waals surface area contributed by atoms with Crippen LogP contribution >= 0.6 is 11.8 Å². The van der Waals surface area contributed by atoms with E-state index in [1.54, 1.807) is 0 Å². The smallest absolute Gasteiger partial charge is 0.347 e. The van der Waals surface area contributed by atoms with E-state index in [2.05, 4.69) is 5.32 Å². The van der Waals surface area contributed by atoms with Crippen LogP contribution in [-0.4, -0.2) is 49.1 Å². The molecule has 2 aromatic rings. The summed E-state index contributed by atoms with van der Waals surface area (Å²) in [5.41, 5.74) is -1.03. The lowest BCUT2D eigenvalue weighted by Gasteiger charge is -2.27. The molecule has 1 unspecified atom stereocenters. The number of halogens is 4. The fourth-order valence-corrected chi connectivity index (χ4v) is 5.79. The zero-order chi connectivity index (χ0) is 25.5. The lowest BCUT2D eigenvalue weighted by Crippen LogP contribution is -2.48. The largest absolute Gasteiger partial charge is 0.416 e. The minimum Gasteiger partial charge on any atom is -0.347 e. The maximum atomic E-state index is 14.6. The van der Waals surface area contributed by atoms with Crippen LogP contribution in [0.4, 0.5) is 17.6 Å². The molecular weight excluding hydrogens is 508 g/mol. The molecule has 0 aromatic heterocycles. The highest BCUT2D eigenvalue weighted by Crippen LogP contribution is 2.43. The fraction of sp³-hybridized carbons (Fsp3) is 0.391. The number of carbonyl (C=O) groups is 2. The van der Waals surface area contributed by atoms with E-state index in [0.29, 0.717) is 18.9 Å². The molecule has 1 saturated carbocycles. The summed E-state index contributed by atoms with van der Waals surface area (Å²) in [6.07, 6.45) is -2.29. The summed E-state index contributed by atoms with van der Waals surface area (Å²) in [5.74, 6) is -1.76. The molecule has 35 heavy (non-hydrogen) atoms. The second kappa shape index (κ2) is 9.45. The van der Waals surface area contributed by atoms with Crippen molar-refractivity contribution in [1.29, 1.82) is 0 Å². The lowest BCUT2D eigenvalue weighted by molar-refractivity contribution is -0.137. The number of benzene rings is 2. The topological polar surface area (TPSA) is 83.6 Å². The van der Waals surface area contributed by atoms with Crippen LogP contribution in [0.15, 0.2) is 47.4 Å². The molecule has 2 amide bonds. The highest BCUT2D eigenvalue weighted by molar-refractivity contribution is 7.99. The number of nitrogens with one attached hydrogen (secondary N) is 1. The van der Waals surface area contributed by atoms with Crippen molar-refractivity contribution in [3.63, 3.8) is 0 Å². The number of carbonyl (C=O) groups excluding carboxylic acids is 2. The van der Waals surface area contributed by atoms with E-state index < -0.39 is 51.3 Å². The van der Waals surface area contributed by atoms with E-state index >= 15 is 0 Å². The van der Waals surface area contributed by atoms with Crippen LogP contribution in [0.2, 0.25) is 0 Å². The molecule has 2 aromatic carbocycles. The van der Waals surface area contributed by atoms with Crippen molar-refractivity contribution < 1.29 is 35.6 Å². The lowest BCUT2D eigenvalue weighted by atomic mass is 9.99. The molecule has 1 heterocycles. The molecule has 2 fully saturated rings. The molecule has 0 radical (unpaired) electrons. The average molecular weight is 531 g/mol. The van der Waals surface area contributed by atoms with Crippen molar-refractivity contribution in [3.05, 3.63) is 65.0 Å². The molecule has 1 aliphatic heterocycles. The standard InChI is InChI=1S/C23H22F4N2O4S2/c1-35(32,33)16-4-2-3-14(9-16)22(31)29-12-34-11-19(29)21(30)28-20(13-5-6-13)17-8-7-15(10-18(17)24)23(25,26)27/h2-4,7-10,13,19-20H,5-6,11-12H2,1H3,(H,28,30)/t19-,20?/m1/s1. The van der Waals surface area contributed by atoms with Gasteiger partial charge in [-0.15, -0.1) is 11.8 Å². The number of thioether (sulfide) groups is 1. The van der Waals surface area contributed by atoms with Crippen LogP contribution in [0.1, 0.15) is 40.4 Å². The molecular formula is C23H22F4N2O4S2. The maximum absolute atomic E-state index is 14.6. The van der Waals surface area contributed by atoms with Crippen molar-refractivity contribution in [3.8, 4) is 0 Å². The van der Waals surface area contributed by atoms with Gasteiger partial charge in [0.1, 0.15) is 11.9 Å². The van der Waals surface area contributed by atoms with Gasteiger partial charge in [0.25, 0.3) is 5.91 Å². The van der Waals surface area contributed by atoms with Gasteiger partial charge in [-0.2, -0.15) is 13.2 Å². The predicted molar refractivity (Wildman–Crippen MR) is 122 cm³/mol. The number of nitrogens with zero attached hydrogens (tertiary/aromatic N) is 1. The molecule has 1 N–H and O–H groups in total. The number of amides is 2. The van der Waals surface area contributed by atoms with Crippen molar-refractivity contribution >= 4 is 33.4 Å². The summed E-state index contributed by atoms with van der Waals surface area (Å²) in [5, 5.41) is 2.74. The van der Waals surface area contributed by atoms with Crippen molar-refractivity contribution in [2.75, 3.05) is 17.9 Å². The molecule has 2 aliphatic rings. The first-order valence-electron chi connectivity index (χ1n) is 10.7. The Morgan fingerprint density at radius 1 is 1.14 bits per heavy atom. The number of hydrogen-bond donors (Lipinski definition) is 1.